The molecule has 0 aliphatic heterocycles. The molecule has 1 aliphatic rings. The lowest BCUT2D eigenvalue weighted by molar-refractivity contribution is -0.128. The number of rotatable bonds is 4. The third-order valence-corrected chi connectivity index (χ3v) is 4.48. The quantitative estimate of drug-likeness (QED) is 0.909. The SMILES string of the molecule is CC(NC(=O)C1CCCC1O)c1ccc(-c2cncnc2)cc1. The molecule has 1 aromatic heterocycles. The van der Waals surface area contributed by atoms with Gasteiger partial charge in [0.15, 0.2) is 0 Å². The second-order valence-electron chi connectivity index (χ2n) is 6.08. The normalized spacial score (nSPS) is 21.8. The van der Waals surface area contributed by atoms with Crippen LogP contribution in [0.4, 0.5) is 0 Å². The first-order valence-electron chi connectivity index (χ1n) is 7.99. The lowest BCUT2D eigenvalue weighted by atomic mass is 10.0. The first-order chi connectivity index (χ1) is 11.1. The molecule has 5 nitrogen and oxygen atoms in total. The van der Waals surface area contributed by atoms with Crippen LogP contribution < -0.4 is 5.32 Å². The Kier molecular flexibility index (Phi) is 4.67. The van der Waals surface area contributed by atoms with E-state index >= 15 is 0 Å². The summed E-state index contributed by atoms with van der Waals surface area (Å²) in [5.41, 5.74) is 3.04. The van der Waals surface area contributed by atoms with Gasteiger partial charge in [0.25, 0.3) is 0 Å². The maximum Gasteiger partial charge on any atom is 0.226 e. The Hall–Kier alpha value is -2.27. The zero-order valence-corrected chi connectivity index (χ0v) is 13.1. The van der Waals surface area contributed by atoms with Crippen molar-refractivity contribution in [2.75, 3.05) is 0 Å². The highest BCUT2D eigenvalue weighted by molar-refractivity contribution is 5.80. The third-order valence-electron chi connectivity index (χ3n) is 4.48. The highest BCUT2D eigenvalue weighted by Crippen LogP contribution is 2.27. The van der Waals surface area contributed by atoms with Gasteiger partial charge >= 0.3 is 0 Å². The molecule has 1 amide bonds. The summed E-state index contributed by atoms with van der Waals surface area (Å²) in [4.78, 5) is 20.3. The molecule has 1 aliphatic carbocycles. The van der Waals surface area contributed by atoms with Crippen LogP contribution in [0.2, 0.25) is 0 Å². The van der Waals surface area contributed by atoms with Gasteiger partial charge in [0.2, 0.25) is 5.91 Å². The molecule has 23 heavy (non-hydrogen) atoms. The van der Waals surface area contributed by atoms with E-state index in [1.165, 1.54) is 6.33 Å². The molecule has 120 valence electrons. The largest absolute Gasteiger partial charge is 0.392 e. The predicted molar refractivity (Wildman–Crippen MR) is 87.4 cm³/mol. The van der Waals surface area contributed by atoms with Gasteiger partial charge in [0.1, 0.15) is 6.33 Å². The summed E-state index contributed by atoms with van der Waals surface area (Å²) >= 11 is 0. The molecule has 0 radical (unpaired) electrons. The van der Waals surface area contributed by atoms with Crippen LogP contribution in [-0.2, 0) is 4.79 Å². The third kappa shape index (κ3) is 3.56. The molecule has 1 saturated carbocycles. The minimum Gasteiger partial charge on any atom is -0.392 e. The maximum atomic E-state index is 12.2. The van der Waals surface area contributed by atoms with Crippen molar-refractivity contribution in [2.45, 2.75) is 38.3 Å². The van der Waals surface area contributed by atoms with Gasteiger partial charge in [-0.15, -0.1) is 0 Å². The first kappa shape index (κ1) is 15.6. The van der Waals surface area contributed by atoms with Gasteiger partial charge < -0.3 is 10.4 Å². The van der Waals surface area contributed by atoms with Gasteiger partial charge in [-0.3, -0.25) is 4.79 Å². The predicted octanol–water partition coefficient (Wildman–Crippen LogP) is 2.48. The highest BCUT2D eigenvalue weighted by Gasteiger charge is 2.31. The molecule has 2 aromatic rings. The van der Waals surface area contributed by atoms with Crippen molar-refractivity contribution in [3.05, 3.63) is 48.5 Å². The van der Waals surface area contributed by atoms with Crippen LogP contribution in [0, 0.1) is 5.92 Å². The number of aliphatic hydroxyl groups is 1. The second kappa shape index (κ2) is 6.87. The maximum absolute atomic E-state index is 12.2. The number of nitrogens with one attached hydrogen (secondary N) is 1. The molecule has 1 aromatic carbocycles. The monoisotopic (exact) mass is 311 g/mol. The molecule has 0 spiro atoms. The van der Waals surface area contributed by atoms with E-state index in [9.17, 15) is 9.90 Å². The standard InChI is InChI=1S/C18H21N3O2/c1-12(21-18(23)16-3-2-4-17(16)22)13-5-7-14(8-6-13)15-9-19-11-20-10-15/h5-12,16-17,22H,2-4H2,1H3,(H,21,23). The van der Waals surface area contributed by atoms with E-state index < -0.39 is 6.10 Å². The van der Waals surface area contributed by atoms with Crippen LogP contribution in [0.25, 0.3) is 11.1 Å². The van der Waals surface area contributed by atoms with E-state index in [1.807, 2.05) is 31.2 Å². The Morgan fingerprint density at radius 3 is 2.48 bits per heavy atom. The summed E-state index contributed by atoms with van der Waals surface area (Å²) in [5.74, 6) is -0.318. The van der Waals surface area contributed by atoms with Gasteiger partial charge in [-0.05, 0) is 37.3 Å². The summed E-state index contributed by atoms with van der Waals surface area (Å²) in [6, 6.07) is 7.91. The highest BCUT2D eigenvalue weighted by atomic mass is 16.3. The molecule has 2 N–H and O–H groups in total. The first-order valence-corrected chi connectivity index (χ1v) is 7.99. The summed E-state index contributed by atoms with van der Waals surface area (Å²) in [7, 11) is 0. The molecular formula is C18H21N3O2. The number of carbonyl (C=O) groups is 1. The molecular weight excluding hydrogens is 290 g/mol. The van der Waals surface area contributed by atoms with Crippen molar-refractivity contribution in [3.63, 3.8) is 0 Å². The van der Waals surface area contributed by atoms with E-state index in [4.69, 9.17) is 0 Å². The van der Waals surface area contributed by atoms with Crippen molar-refractivity contribution < 1.29 is 9.90 Å². The molecule has 3 atom stereocenters. The van der Waals surface area contributed by atoms with Crippen LogP contribution >= 0.6 is 0 Å². The van der Waals surface area contributed by atoms with Crippen LogP contribution in [0.15, 0.2) is 43.0 Å². The van der Waals surface area contributed by atoms with Crippen molar-refractivity contribution in [3.8, 4) is 11.1 Å². The van der Waals surface area contributed by atoms with Crippen LogP contribution in [-0.4, -0.2) is 27.1 Å². The van der Waals surface area contributed by atoms with Gasteiger partial charge in [-0.2, -0.15) is 0 Å². The molecule has 1 heterocycles. The number of benzene rings is 1. The molecule has 0 bridgehead atoms. The van der Waals surface area contributed by atoms with E-state index in [0.717, 1.165) is 36.0 Å². The molecule has 1 fully saturated rings. The lowest BCUT2D eigenvalue weighted by Crippen LogP contribution is -2.36. The van der Waals surface area contributed by atoms with Gasteiger partial charge in [-0.25, -0.2) is 9.97 Å². The lowest BCUT2D eigenvalue weighted by Gasteiger charge is -2.19. The number of carbonyl (C=O) groups excluding carboxylic acids is 1. The molecule has 0 saturated heterocycles. The van der Waals surface area contributed by atoms with Crippen LogP contribution in [0.1, 0.15) is 37.8 Å². The summed E-state index contributed by atoms with van der Waals surface area (Å²) in [6.07, 6.45) is 6.97. The molecule has 3 rings (SSSR count). The second-order valence-corrected chi connectivity index (χ2v) is 6.08. The number of hydrogen-bond acceptors (Lipinski definition) is 4. The number of aliphatic hydroxyl groups excluding tert-OH is 1. The fourth-order valence-electron chi connectivity index (χ4n) is 3.06. The molecule has 5 heteroatoms. The van der Waals surface area contributed by atoms with Crippen molar-refractivity contribution >= 4 is 5.91 Å². The minimum atomic E-state index is -0.498. The summed E-state index contributed by atoms with van der Waals surface area (Å²) in [6.45, 7) is 1.96. The van der Waals surface area contributed by atoms with E-state index in [2.05, 4.69) is 15.3 Å². The minimum absolute atomic E-state index is 0.0527. The number of hydrogen-bond donors (Lipinski definition) is 2. The summed E-state index contributed by atoms with van der Waals surface area (Å²) < 4.78 is 0. The Morgan fingerprint density at radius 1 is 1.17 bits per heavy atom. The van der Waals surface area contributed by atoms with Crippen molar-refractivity contribution in [1.82, 2.24) is 15.3 Å². The van der Waals surface area contributed by atoms with Crippen LogP contribution in [0.5, 0.6) is 0 Å². The Morgan fingerprint density at radius 2 is 1.87 bits per heavy atom. The van der Waals surface area contributed by atoms with Crippen LogP contribution in [0.3, 0.4) is 0 Å². The number of aromatic nitrogens is 2. The number of nitrogens with zero attached hydrogens (tertiary/aromatic N) is 2. The zero-order chi connectivity index (χ0) is 16.2. The zero-order valence-electron chi connectivity index (χ0n) is 13.1. The Balaban J connectivity index is 1.66. The van der Waals surface area contributed by atoms with Crippen molar-refractivity contribution in [1.29, 1.82) is 0 Å². The summed E-state index contributed by atoms with van der Waals surface area (Å²) in [5, 5.41) is 12.8. The topological polar surface area (TPSA) is 75.1 Å². The smallest absolute Gasteiger partial charge is 0.226 e. The number of amides is 1. The average Bonchev–Trinajstić information content (AvgIpc) is 3.02. The van der Waals surface area contributed by atoms with Gasteiger partial charge in [-0.1, -0.05) is 24.3 Å². The van der Waals surface area contributed by atoms with E-state index in [0.29, 0.717) is 0 Å². The van der Waals surface area contributed by atoms with Crippen molar-refractivity contribution in [2.24, 2.45) is 5.92 Å². The molecule has 3 unspecified atom stereocenters. The fourth-order valence-corrected chi connectivity index (χ4v) is 3.06. The van der Waals surface area contributed by atoms with E-state index in [1.54, 1.807) is 12.4 Å². The van der Waals surface area contributed by atoms with E-state index in [-0.39, 0.29) is 17.9 Å². The average molecular weight is 311 g/mol. The fraction of sp³-hybridized carbons (Fsp3) is 0.389. The van der Waals surface area contributed by atoms with Gasteiger partial charge in [0.05, 0.1) is 18.1 Å². The van der Waals surface area contributed by atoms with Gasteiger partial charge in [0, 0.05) is 18.0 Å². The Bertz CT molecular complexity index is 658. The Labute approximate surface area is 135 Å².